The number of amides is 1. The average molecular weight is 335 g/mol. The third-order valence-electron chi connectivity index (χ3n) is 2.72. The Morgan fingerprint density at radius 3 is 3.11 bits per heavy atom. The van der Waals surface area contributed by atoms with E-state index in [9.17, 15) is 9.18 Å². The number of likely N-dealkylation sites (tertiary alicyclic amines) is 1. The van der Waals surface area contributed by atoms with E-state index in [2.05, 4.69) is 20.9 Å². The van der Waals surface area contributed by atoms with Gasteiger partial charge in [0.2, 0.25) is 0 Å². The number of aromatic nitrogens is 1. The van der Waals surface area contributed by atoms with Gasteiger partial charge in [-0.25, -0.2) is 14.2 Å². The number of thioether (sulfide) groups is 1. The van der Waals surface area contributed by atoms with Gasteiger partial charge in [-0.3, -0.25) is 0 Å². The van der Waals surface area contributed by atoms with Gasteiger partial charge in [0, 0.05) is 18.2 Å². The van der Waals surface area contributed by atoms with Gasteiger partial charge in [0.15, 0.2) is 0 Å². The Kier molecular flexibility index (Phi) is 4.45. The highest BCUT2D eigenvalue weighted by Gasteiger charge is 2.35. The zero-order valence-electron chi connectivity index (χ0n) is 9.42. The van der Waals surface area contributed by atoms with E-state index < -0.39 is 12.3 Å². The second-order valence-electron chi connectivity index (χ2n) is 4.03. The van der Waals surface area contributed by atoms with Gasteiger partial charge < -0.3 is 10.0 Å². The molecule has 1 saturated heterocycles. The van der Waals surface area contributed by atoms with Gasteiger partial charge in [-0.2, -0.15) is 0 Å². The summed E-state index contributed by atoms with van der Waals surface area (Å²) in [5, 5.41) is 9.77. The molecule has 1 N–H and O–H groups in total. The second-order valence-corrected chi connectivity index (χ2v) is 5.88. The van der Waals surface area contributed by atoms with Gasteiger partial charge in [0.25, 0.3) is 0 Å². The molecule has 1 aliphatic heterocycles. The van der Waals surface area contributed by atoms with Crippen molar-refractivity contribution in [1.29, 1.82) is 0 Å². The molecule has 2 rings (SSSR count). The first-order chi connectivity index (χ1) is 8.56. The van der Waals surface area contributed by atoms with Gasteiger partial charge in [-0.1, -0.05) is 6.07 Å². The predicted octanol–water partition coefficient (Wildman–Crippen LogP) is 3.03. The fourth-order valence-electron chi connectivity index (χ4n) is 1.90. The van der Waals surface area contributed by atoms with Crippen molar-refractivity contribution in [3.8, 4) is 0 Å². The molecule has 1 aromatic heterocycles. The number of hydrogen-bond acceptors (Lipinski definition) is 3. The monoisotopic (exact) mass is 334 g/mol. The van der Waals surface area contributed by atoms with Crippen molar-refractivity contribution < 1.29 is 14.3 Å². The number of rotatable bonds is 3. The molecule has 0 saturated carbocycles. The van der Waals surface area contributed by atoms with Crippen LogP contribution in [-0.4, -0.2) is 45.6 Å². The highest BCUT2D eigenvalue weighted by molar-refractivity contribution is 9.10. The maximum atomic E-state index is 13.2. The molecule has 0 spiro atoms. The lowest BCUT2D eigenvalue weighted by Gasteiger charge is -2.20. The smallest absolute Gasteiger partial charge is 0.407 e. The summed E-state index contributed by atoms with van der Waals surface area (Å²) in [6.45, 7) is -0.0214. The molecule has 0 unspecified atom stereocenters. The summed E-state index contributed by atoms with van der Waals surface area (Å²) in [6, 6.07) is 5.26. The Hall–Kier alpha value is -0.820. The number of hydrogen-bond donors (Lipinski definition) is 1. The lowest BCUT2D eigenvalue weighted by Crippen LogP contribution is -2.36. The molecule has 7 heteroatoms. The first kappa shape index (κ1) is 13.6. The molecule has 1 aliphatic rings. The SMILES string of the molecule is O=C(O)N1C[C@H](F)C[C@H]1CSc1cccc(Br)n1. The molecule has 98 valence electrons. The molecular weight excluding hydrogens is 323 g/mol. The fraction of sp³-hybridized carbons (Fsp3) is 0.455. The Morgan fingerprint density at radius 1 is 1.67 bits per heavy atom. The van der Waals surface area contributed by atoms with E-state index in [1.165, 1.54) is 16.7 Å². The van der Waals surface area contributed by atoms with Crippen molar-refractivity contribution >= 4 is 33.8 Å². The minimum absolute atomic E-state index is 0.0214. The Balaban J connectivity index is 1.95. The van der Waals surface area contributed by atoms with Crippen molar-refractivity contribution in [2.24, 2.45) is 0 Å². The molecule has 4 nitrogen and oxygen atoms in total. The van der Waals surface area contributed by atoms with Crippen LogP contribution in [0, 0.1) is 0 Å². The van der Waals surface area contributed by atoms with Crippen LogP contribution in [0.15, 0.2) is 27.8 Å². The van der Waals surface area contributed by atoms with Crippen molar-refractivity contribution in [3.05, 3.63) is 22.8 Å². The standard InChI is InChI=1S/C11H12BrFN2O2S/c12-9-2-1-3-10(14-9)18-6-8-4-7(13)5-15(8)11(16)17/h1-3,7-8H,4-6H2,(H,16,17)/t7-,8+/m1/s1. The van der Waals surface area contributed by atoms with Crippen LogP contribution < -0.4 is 0 Å². The van der Waals surface area contributed by atoms with Crippen LogP contribution in [0.5, 0.6) is 0 Å². The number of nitrogens with zero attached hydrogens (tertiary/aromatic N) is 2. The summed E-state index contributed by atoms with van der Waals surface area (Å²) in [5.41, 5.74) is 0. The first-order valence-electron chi connectivity index (χ1n) is 5.45. The first-order valence-corrected chi connectivity index (χ1v) is 7.23. The van der Waals surface area contributed by atoms with Gasteiger partial charge in [-0.15, -0.1) is 11.8 Å². The Morgan fingerprint density at radius 2 is 2.44 bits per heavy atom. The number of pyridine rings is 1. The summed E-state index contributed by atoms with van der Waals surface area (Å²) in [5.74, 6) is 0.524. The Labute approximate surface area is 117 Å². The highest BCUT2D eigenvalue weighted by atomic mass is 79.9. The summed E-state index contributed by atoms with van der Waals surface area (Å²) in [7, 11) is 0. The average Bonchev–Trinajstić information content (AvgIpc) is 2.68. The van der Waals surface area contributed by atoms with Crippen LogP contribution in [0.4, 0.5) is 9.18 Å². The molecule has 1 aromatic rings. The van der Waals surface area contributed by atoms with Crippen LogP contribution in [-0.2, 0) is 0 Å². The number of alkyl halides is 1. The van der Waals surface area contributed by atoms with Crippen molar-refractivity contribution in [2.45, 2.75) is 23.7 Å². The van der Waals surface area contributed by atoms with E-state index in [1.807, 2.05) is 18.2 Å². The number of carboxylic acid groups (broad SMARTS) is 1. The molecule has 0 radical (unpaired) electrons. The summed E-state index contributed by atoms with van der Waals surface area (Å²) in [6.07, 6.45) is -1.84. The predicted molar refractivity (Wildman–Crippen MR) is 70.7 cm³/mol. The van der Waals surface area contributed by atoms with Crippen molar-refractivity contribution in [2.75, 3.05) is 12.3 Å². The lowest BCUT2D eigenvalue weighted by molar-refractivity contribution is 0.141. The molecule has 1 fully saturated rings. The zero-order valence-corrected chi connectivity index (χ0v) is 11.8. The third-order valence-corrected chi connectivity index (χ3v) is 4.24. The minimum atomic E-state index is -1.05. The third kappa shape index (κ3) is 3.35. The number of halogens is 2. The molecule has 2 atom stereocenters. The summed E-state index contributed by atoms with van der Waals surface area (Å²) in [4.78, 5) is 16.4. The zero-order chi connectivity index (χ0) is 13.1. The quantitative estimate of drug-likeness (QED) is 0.681. The van der Waals surface area contributed by atoms with E-state index in [0.717, 1.165) is 9.63 Å². The van der Waals surface area contributed by atoms with E-state index in [0.29, 0.717) is 5.75 Å². The Bertz CT molecular complexity index is 449. The van der Waals surface area contributed by atoms with E-state index in [4.69, 9.17) is 5.11 Å². The molecule has 0 aromatic carbocycles. The molecule has 2 heterocycles. The maximum Gasteiger partial charge on any atom is 0.407 e. The molecule has 1 amide bonds. The largest absolute Gasteiger partial charge is 0.465 e. The topological polar surface area (TPSA) is 53.4 Å². The van der Waals surface area contributed by atoms with Gasteiger partial charge in [0.1, 0.15) is 10.8 Å². The molecule has 0 aliphatic carbocycles. The molecular formula is C11H12BrFN2O2S. The van der Waals surface area contributed by atoms with Crippen LogP contribution >= 0.6 is 27.7 Å². The minimum Gasteiger partial charge on any atom is -0.465 e. The summed E-state index contributed by atoms with van der Waals surface area (Å²) >= 11 is 4.71. The van der Waals surface area contributed by atoms with Crippen molar-refractivity contribution in [3.63, 3.8) is 0 Å². The fourth-order valence-corrected chi connectivity index (χ4v) is 3.38. The van der Waals surface area contributed by atoms with Gasteiger partial charge >= 0.3 is 6.09 Å². The van der Waals surface area contributed by atoms with Crippen LogP contribution in [0.25, 0.3) is 0 Å². The maximum absolute atomic E-state index is 13.2. The van der Waals surface area contributed by atoms with Crippen LogP contribution in [0.3, 0.4) is 0 Å². The lowest BCUT2D eigenvalue weighted by atomic mass is 10.2. The van der Waals surface area contributed by atoms with E-state index >= 15 is 0 Å². The van der Waals surface area contributed by atoms with Crippen LogP contribution in [0.1, 0.15) is 6.42 Å². The van der Waals surface area contributed by atoms with E-state index in [-0.39, 0.29) is 19.0 Å². The molecule has 18 heavy (non-hydrogen) atoms. The summed E-state index contributed by atoms with van der Waals surface area (Å²) < 4.78 is 14.0. The van der Waals surface area contributed by atoms with Crippen molar-refractivity contribution in [1.82, 2.24) is 9.88 Å². The molecule has 0 bridgehead atoms. The van der Waals surface area contributed by atoms with Crippen LogP contribution in [0.2, 0.25) is 0 Å². The van der Waals surface area contributed by atoms with Gasteiger partial charge in [0.05, 0.1) is 11.6 Å². The van der Waals surface area contributed by atoms with E-state index in [1.54, 1.807) is 0 Å². The highest BCUT2D eigenvalue weighted by Crippen LogP contribution is 2.27. The normalized spacial score (nSPS) is 23.3. The van der Waals surface area contributed by atoms with Gasteiger partial charge in [-0.05, 0) is 28.1 Å². The second kappa shape index (κ2) is 5.88. The number of carbonyl (C=O) groups is 1.